The third-order valence-corrected chi connectivity index (χ3v) is 3.58. The van der Waals surface area contributed by atoms with Gasteiger partial charge in [-0.1, -0.05) is 32.1 Å². The third kappa shape index (κ3) is 3.99. The van der Waals surface area contributed by atoms with E-state index in [2.05, 4.69) is 10.2 Å². The van der Waals surface area contributed by atoms with Gasteiger partial charge in [-0.3, -0.25) is 9.89 Å². The summed E-state index contributed by atoms with van der Waals surface area (Å²) in [6.45, 7) is 0. The molecule has 0 aromatic carbocycles. The molecule has 0 aliphatic heterocycles. The van der Waals surface area contributed by atoms with E-state index in [9.17, 15) is 4.79 Å². The fourth-order valence-electron chi connectivity index (χ4n) is 2.52. The van der Waals surface area contributed by atoms with E-state index in [0.29, 0.717) is 12.2 Å². The van der Waals surface area contributed by atoms with Gasteiger partial charge < -0.3 is 0 Å². The minimum atomic E-state index is 0.367. The van der Waals surface area contributed by atoms with Crippen molar-refractivity contribution in [3.05, 3.63) is 17.5 Å². The molecule has 1 aromatic heterocycles. The van der Waals surface area contributed by atoms with Crippen LogP contribution in [0.1, 0.15) is 62.6 Å². The fourth-order valence-corrected chi connectivity index (χ4v) is 2.52. The number of hydrogen-bond donors (Lipinski definition) is 1. The average Bonchev–Trinajstić information content (AvgIpc) is 2.73. The van der Waals surface area contributed by atoms with E-state index in [4.69, 9.17) is 0 Å². The number of carbonyl (C=O) groups excluding carboxylic acids is 1. The maximum Gasteiger partial charge on any atom is 0.137 e. The van der Waals surface area contributed by atoms with Crippen LogP contribution in [0.5, 0.6) is 0 Å². The van der Waals surface area contributed by atoms with Crippen LogP contribution in [0, 0.1) is 0 Å². The second kappa shape index (κ2) is 6.58. The first-order valence-corrected chi connectivity index (χ1v) is 6.89. The number of ketones is 1. The molecule has 0 radical (unpaired) electrons. The largest absolute Gasteiger partial charge is 0.299 e. The second-order valence-electron chi connectivity index (χ2n) is 5.06. The van der Waals surface area contributed by atoms with Crippen LogP contribution in [0.2, 0.25) is 0 Å². The molecule has 0 unspecified atom stereocenters. The van der Waals surface area contributed by atoms with Gasteiger partial charge >= 0.3 is 0 Å². The first-order chi connectivity index (χ1) is 8.36. The molecule has 0 amide bonds. The number of nitrogens with one attached hydrogen (secondary N) is 1. The molecule has 3 nitrogen and oxygen atoms in total. The number of aromatic amines is 1. The molecule has 1 heterocycles. The Kier molecular flexibility index (Phi) is 4.77. The van der Waals surface area contributed by atoms with Gasteiger partial charge in [0.2, 0.25) is 0 Å². The highest BCUT2D eigenvalue weighted by molar-refractivity contribution is 5.80. The highest BCUT2D eigenvalue weighted by Gasteiger charge is 2.10. The van der Waals surface area contributed by atoms with Crippen LogP contribution >= 0.6 is 0 Å². The molecule has 0 atom stereocenters. The van der Waals surface area contributed by atoms with Crippen LogP contribution in [-0.2, 0) is 17.6 Å². The Balaban J connectivity index is 1.98. The van der Waals surface area contributed by atoms with Crippen molar-refractivity contribution in [3.8, 4) is 0 Å². The Hall–Kier alpha value is -1.12. The number of nitrogens with zero attached hydrogens (tertiary/aromatic N) is 1. The zero-order valence-electron chi connectivity index (χ0n) is 10.5. The first kappa shape index (κ1) is 12.3. The number of H-pyrrole nitrogens is 1. The normalized spacial score (nSPS) is 19.9. The van der Waals surface area contributed by atoms with Gasteiger partial charge in [-0.2, -0.15) is 5.10 Å². The molecule has 17 heavy (non-hydrogen) atoms. The Morgan fingerprint density at radius 2 is 1.59 bits per heavy atom. The van der Waals surface area contributed by atoms with Crippen molar-refractivity contribution in [3.63, 3.8) is 0 Å². The van der Waals surface area contributed by atoms with Crippen molar-refractivity contribution >= 4 is 5.78 Å². The van der Waals surface area contributed by atoms with E-state index in [1.54, 1.807) is 0 Å². The van der Waals surface area contributed by atoms with Crippen LogP contribution in [0.25, 0.3) is 0 Å². The van der Waals surface area contributed by atoms with Gasteiger partial charge in [-0.05, 0) is 19.3 Å². The number of rotatable bonds is 0. The lowest BCUT2D eigenvalue weighted by molar-refractivity contribution is -0.118. The predicted molar refractivity (Wildman–Crippen MR) is 67.9 cm³/mol. The maximum absolute atomic E-state index is 11.8. The van der Waals surface area contributed by atoms with Crippen molar-refractivity contribution in [1.29, 1.82) is 0 Å². The number of fused-ring (bicyclic) bond motifs is 1. The summed E-state index contributed by atoms with van der Waals surface area (Å²) in [6.07, 6.45) is 12.9. The smallest absolute Gasteiger partial charge is 0.137 e. The topological polar surface area (TPSA) is 45.8 Å². The zero-order valence-corrected chi connectivity index (χ0v) is 10.5. The van der Waals surface area contributed by atoms with Crippen molar-refractivity contribution in [1.82, 2.24) is 10.2 Å². The molecular formula is C14H22N2O. The van der Waals surface area contributed by atoms with Gasteiger partial charge in [0.25, 0.3) is 0 Å². The van der Waals surface area contributed by atoms with Gasteiger partial charge in [0.05, 0.1) is 6.20 Å². The summed E-state index contributed by atoms with van der Waals surface area (Å²) < 4.78 is 0. The average molecular weight is 234 g/mol. The molecule has 1 aliphatic carbocycles. The van der Waals surface area contributed by atoms with Crippen molar-refractivity contribution in [2.45, 2.75) is 64.2 Å². The van der Waals surface area contributed by atoms with E-state index in [1.165, 1.54) is 44.2 Å². The summed E-state index contributed by atoms with van der Waals surface area (Å²) in [5.41, 5.74) is 2.30. The van der Waals surface area contributed by atoms with Crippen molar-refractivity contribution in [2.75, 3.05) is 0 Å². The molecule has 1 aromatic rings. The van der Waals surface area contributed by atoms with Crippen LogP contribution in [-0.4, -0.2) is 16.0 Å². The van der Waals surface area contributed by atoms with E-state index < -0.39 is 0 Å². The zero-order chi connectivity index (χ0) is 11.9. The van der Waals surface area contributed by atoms with E-state index in [-0.39, 0.29) is 0 Å². The highest BCUT2D eigenvalue weighted by Crippen LogP contribution is 2.15. The van der Waals surface area contributed by atoms with Crippen LogP contribution < -0.4 is 0 Å². The molecule has 0 fully saturated rings. The number of hydrogen-bond acceptors (Lipinski definition) is 2. The van der Waals surface area contributed by atoms with Crippen molar-refractivity contribution in [2.24, 2.45) is 0 Å². The molecule has 0 saturated heterocycles. The lowest BCUT2D eigenvalue weighted by atomic mass is 10.0. The van der Waals surface area contributed by atoms with Crippen LogP contribution in [0.4, 0.5) is 0 Å². The highest BCUT2D eigenvalue weighted by atomic mass is 16.1. The van der Waals surface area contributed by atoms with Crippen LogP contribution in [0.3, 0.4) is 0 Å². The summed E-state index contributed by atoms with van der Waals surface area (Å²) in [5, 5.41) is 7.11. The van der Waals surface area contributed by atoms with Crippen LogP contribution in [0.15, 0.2) is 6.20 Å². The molecule has 0 bridgehead atoms. The second-order valence-corrected chi connectivity index (χ2v) is 5.06. The molecule has 1 aliphatic rings. The standard InChI is InChI=1S/C14H22N2O/c17-13-8-6-4-2-1-3-5-7-9-14-12(10-13)11-15-16-14/h11H,1-10H2,(H,15,16). The van der Waals surface area contributed by atoms with Gasteiger partial charge in [-0.15, -0.1) is 0 Å². The lowest BCUT2D eigenvalue weighted by Crippen LogP contribution is -2.04. The SMILES string of the molecule is O=C1CCCCCCCCCc2[nH]ncc2C1. The Labute approximate surface area is 103 Å². The summed E-state index contributed by atoms with van der Waals surface area (Å²) in [6, 6.07) is 0. The summed E-state index contributed by atoms with van der Waals surface area (Å²) >= 11 is 0. The maximum atomic E-state index is 11.8. The summed E-state index contributed by atoms with van der Waals surface area (Å²) in [4.78, 5) is 11.8. The predicted octanol–water partition coefficient (Wildman–Crippen LogP) is 3.20. The van der Waals surface area contributed by atoms with Gasteiger partial charge in [-0.25, -0.2) is 0 Å². The van der Waals surface area contributed by atoms with E-state index in [1.807, 2.05) is 6.20 Å². The molecule has 0 spiro atoms. The number of Topliss-reactive ketones (excluding diaryl/α,β-unsaturated/α-hetero) is 1. The molecule has 0 saturated carbocycles. The number of aryl methyl sites for hydroxylation is 1. The van der Waals surface area contributed by atoms with E-state index in [0.717, 1.165) is 24.8 Å². The minimum Gasteiger partial charge on any atom is -0.299 e. The first-order valence-electron chi connectivity index (χ1n) is 6.89. The number of aromatic nitrogens is 2. The Morgan fingerprint density at radius 3 is 2.35 bits per heavy atom. The minimum absolute atomic E-state index is 0.367. The number of carbonyl (C=O) groups is 1. The molecule has 3 heteroatoms. The Morgan fingerprint density at radius 1 is 0.941 bits per heavy atom. The monoisotopic (exact) mass is 234 g/mol. The van der Waals surface area contributed by atoms with Crippen molar-refractivity contribution < 1.29 is 4.79 Å². The van der Waals surface area contributed by atoms with Gasteiger partial charge in [0, 0.05) is 24.1 Å². The van der Waals surface area contributed by atoms with Gasteiger partial charge in [0.1, 0.15) is 5.78 Å². The third-order valence-electron chi connectivity index (χ3n) is 3.58. The van der Waals surface area contributed by atoms with Gasteiger partial charge in [0.15, 0.2) is 0 Å². The molecular weight excluding hydrogens is 212 g/mol. The lowest BCUT2D eigenvalue weighted by Gasteiger charge is -2.02. The summed E-state index contributed by atoms with van der Waals surface area (Å²) in [5.74, 6) is 0.367. The Bertz CT molecular complexity index is 357. The quantitative estimate of drug-likeness (QED) is 0.749. The molecule has 1 N–H and O–H groups in total. The fraction of sp³-hybridized carbons (Fsp3) is 0.714. The molecule has 2 rings (SSSR count). The summed E-state index contributed by atoms with van der Waals surface area (Å²) in [7, 11) is 0. The van der Waals surface area contributed by atoms with E-state index >= 15 is 0 Å². The molecule has 94 valence electrons.